The molecule has 0 unspecified atom stereocenters. The maximum Gasteiger partial charge on any atom is 0.256 e. The van der Waals surface area contributed by atoms with E-state index in [1.807, 2.05) is 48.5 Å². The number of methoxy groups -OCH3 is 2. The van der Waals surface area contributed by atoms with Crippen molar-refractivity contribution in [2.45, 2.75) is 13.1 Å². The van der Waals surface area contributed by atoms with E-state index >= 15 is 0 Å². The van der Waals surface area contributed by atoms with Crippen LogP contribution in [0.1, 0.15) is 21.5 Å². The first-order valence-electron chi connectivity index (χ1n) is 9.00. The van der Waals surface area contributed by atoms with Crippen LogP contribution >= 0.6 is 23.2 Å². The SMILES string of the molecule is COc1ccc(CN(Cc2ccc(OC)cc2)C(=O)c2cc(Cl)ccc2Cl)cc1. The predicted octanol–water partition coefficient (Wildman–Crippen LogP) is 5.85. The first kappa shape index (κ1) is 21.0. The van der Waals surface area contributed by atoms with Crippen LogP contribution in [0.25, 0.3) is 0 Å². The number of halogens is 2. The number of hydrogen-bond donors (Lipinski definition) is 0. The summed E-state index contributed by atoms with van der Waals surface area (Å²) >= 11 is 12.4. The minimum Gasteiger partial charge on any atom is -0.497 e. The average molecular weight is 430 g/mol. The fourth-order valence-corrected chi connectivity index (χ4v) is 3.30. The Bertz CT molecular complexity index is 923. The molecule has 0 spiro atoms. The lowest BCUT2D eigenvalue weighted by atomic mass is 10.1. The van der Waals surface area contributed by atoms with Crippen molar-refractivity contribution in [2.75, 3.05) is 14.2 Å². The third-order valence-corrected chi connectivity index (χ3v) is 5.08. The van der Waals surface area contributed by atoms with Gasteiger partial charge < -0.3 is 14.4 Å². The van der Waals surface area contributed by atoms with Crippen molar-refractivity contribution in [1.29, 1.82) is 0 Å². The Morgan fingerprint density at radius 1 is 0.793 bits per heavy atom. The normalized spacial score (nSPS) is 10.5. The summed E-state index contributed by atoms with van der Waals surface area (Å²) in [6.07, 6.45) is 0. The first-order chi connectivity index (χ1) is 14.0. The van der Waals surface area contributed by atoms with Gasteiger partial charge in [0.2, 0.25) is 0 Å². The number of amides is 1. The second-order valence-electron chi connectivity index (χ2n) is 6.48. The van der Waals surface area contributed by atoms with Crippen molar-refractivity contribution in [3.63, 3.8) is 0 Å². The Hall–Kier alpha value is -2.69. The van der Waals surface area contributed by atoms with Crippen molar-refractivity contribution in [2.24, 2.45) is 0 Å². The van der Waals surface area contributed by atoms with Gasteiger partial charge in [-0.25, -0.2) is 0 Å². The fraction of sp³-hybridized carbons (Fsp3) is 0.174. The lowest BCUT2D eigenvalue weighted by Gasteiger charge is -2.24. The zero-order chi connectivity index (χ0) is 20.8. The maximum atomic E-state index is 13.3. The van der Waals surface area contributed by atoms with Gasteiger partial charge >= 0.3 is 0 Å². The molecule has 29 heavy (non-hydrogen) atoms. The molecule has 0 heterocycles. The van der Waals surface area contributed by atoms with Crippen LogP contribution in [0.3, 0.4) is 0 Å². The average Bonchev–Trinajstić information content (AvgIpc) is 2.75. The third kappa shape index (κ3) is 5.43. The molecule has 3 aromatic carbocycles. The molecule has 0 aliphatic rings. The number of carbonyl (C=O) groups excluding carboxylic acids is 1. The Balaban J connectivity index is 1.90. The molecule has 150 valence electrons. The monoisotopic (exact) mass is 429 g/mol. The van der Waals surface area contributed by atoms with Gasteiger partial charge in [-0.1, -0.05) is 47.5 Å². The van der Waals surface area contributed by atoms with Crippen molar-refractivity contribution >= 4 is 29.1 Å². The smallest absolute Gasteiger partial charge is 0.256 e. The minimum absolute atomic E-state index is 0.191. The van der Waals surface area contributed by atoms with E-state index < -0.39 is 0 Å². The molecule has 0 fully saturated rings. The second-order valence-corrected chi connectivity index (χ2v) is 7.33. The third-order valence-electron chi connectivity index (χ3n) is 4.51. The van der Waals surface area contributed by atoms with E-state index in [4.69, 9.17) is 32.7 Å². The number of nitrogens with zero attached hydrogens (tertiary/aromatic N) is 1. The van der Waals surface area contributed by atoms with Gasteiger partial charge in [-0.2, -0.15) is 0 Å². The van der Waals surface area contributed by atoms with Crippen molar-refractivity contribution < 1.29 is 14.3 Å². The largest absolute Gasteiger partial charge is 0.497 e. The van der Waals surface area contributed by atoms with Crippen molar-refractivity contribution in [3.05, 3.63) is 93.5 Å². The molecule has 0 saturated carbocycles. The van der Waals surface area contributed by atoms with Crippen LogP contribution < -0.4 is 9.47 Å². The molecule has 0 radical (unpaired) electrons. The summed E-state index contributed by atoms with van der Waals surface area (Å²) in [5.74, 6) is 1.34. The molecule has 0 N–H and O–H groups in total. The molecule has 1 amide bonds. The van der Waals surface area contributed by atoms with Crippen LogP contribution in [0, 0.1) is 0 Å². The van der Waals surface area contributed by atoms with E-state index in [2.05, 4.69) is 0 Å². The first-order valence-corrected chi connectivity index (χ1v) is 9.76. The van der Waals surface area contributed by atoms with Gasteiger partial charge in [0.05, 0.1) is 24.8 Å². The zero-order valence-corrected chi connectivity index (χ0v) is 17.7. The summed E-state index contributed by atoms with van der Waals surface area (Å²) in [4.78, 5) is 15.0. The van der Waals surface area contributed by atoms with Gasteiger partial charge in [-0.15, -0.1) is 0 Å². The molecule has 3 aromatic rings. The van der Waals surface area contributed by atoms with Crippen LogP contribution in [0.2, 0.25) is 10.0 Å². The van der Waals surface area contributed by atoms with E-state index in [1.54, 1.807) is 37.3 Å². The number of carbonyl (C=O) groups is 1. The van der Waals surface area contributed by atoms with Gasteiger partial charge in [0, 0.05) is 18.1 Å². The summed E-state index contributed by atoms with van der Waals surface area (Å²) in [5.41, 5.74) is 2.33. The maximum absolute atomic E-state index is 13.3. The Labute approximate surface area is 180 Å². The molecule has 0 aromatic heterocycles. The number of ether oxygens (including phenoxy) is 2. The molecule has 0 bridgehead atoms. The molecule has 0 aliphatic carbocycles. The Kier molecular flexibility index (Phi) is 7.02. The number of hydrogen-bond acceptors (Lipinski definition) is 3. The van der Waals surface area contributed by atoms with Gasteiger partial charge in [0.25, 0.3) is 5.91 Å². The number of rotatable bonds is 7. The van der Waals surface area contributed by atoms with E-state index in [9.17, 15) is 4.79 Å². The van der Waals surface area contributed by atoms with E-state index in [-0.39, 0.29) is 5.91 Å². The predicted molar refractivity (Wildman–Crippen MR) is 116 cm³/mol. The quantitative estimate of drug-likeness (QED) is 0.472. The lowest BCUT2D eigenvalue weighted by molar-refractivity contribution is 0.0730. The molecule has 3 rings (SSSR count). The second kappa shape index (κ2) is 9.68. The molecule has 0 atom stereocenters. The van der Waals surface area contributed by atoms with E-state index in [1.165, 1.54) is 0 Å². The van der Waals surface area contributed by atoms with E-state index in [0.29, 0.717) is 28.7 Å². The summed E-state index contributed by atoms with van der Waals surface area (Å²) in [5, 5.41) is 0.834. The molecular formula is C23H21Cl2NO3. The molecule has 4 nitrogen and oxygen atoms in total. The minimum atomic E-state index is -0.191. The number of benzene rings is 3. The van der Waals surface area contributed by atoms with Gasteiger partial charge in [-0.3, -0.25) is 4.79 Å². The van der Waals surface area contributed by atoms with Gasteiger partial charge in [0.1, 0.15) is 11.5 Å². The highest BCUT2D eigenvalue weighted by molar-refractivity contribution is 6.35. The van der Waals surface area contributed by atoms with E-state index in [0.717, 1.165) is 22.6 Å². The molecule has 0 saturated heterocycles. The summed E-state index contributed by atoms with van der Waals surface area (Å²) in [6.45, 7) is 0.829. The zero-order valence-electron chi connectivity index (χ0n) is 16.2. The highest BCUT2D eigenvalue weighted by Gasteiger charge is 2.20. The highest BCUT2D eigenvalue weighted by atomic mass is 35.5. The topological polar surface area (TPSA) is 38.8 Å². The van der Waals surface area contributed by atoms with Crippen LogP contribution in [-0.2, 0) is 13.1 Å². The molecular weight excluding hydrogens is 409 g/mol. The molecule has 0 aliphatic heterocycles. The lowest BCUT2D eigenvalue weighted by Crippen LogP contribution is -2.30. The van der Waals surface area contributed by atoms with Crippen LogP contribution in [0.4, 0.5) is 0 Å². The molecule has 6 heteroatoms. The Morgan fingerprint density at radius 2 is 1.28 bits per heavy atom. The van der Waals surface area contributed by atoms with Crippen LogP contribution in [0.5, 0.6) is 11.5 Å². The summed E-state index contributed by atoms with van der Waals surface area (Å²) < 4.78 is 10.4. The fourth-order valence-electron chi connectivity index (χ4n) is 2.93. The Morgan fingerprint density at radius 3 is 1.72 bits per heavy atom. The van der Waals surface area contributed by atoms with Crippen LogP contribution in [-0.4, -0.2) is 25.0 Å². The van der Waals surface area contributed by atoms with Crippen LogP contribution in [0.15, 0.2) is 66.7 Å². The van der Waals surface area contributed by atoms with Crippen molar-refractivity contribution in [1.82, 2.24) is 4.90 Å². The summed E-state index contributed by atoms with van der Waals surface area (Å²) in [6, 6.07) is 20.1. The van der Waals surface area contributed by atoms with Gasteiger partial charge in [-0.05, 0) is 53.6 Å². The highest BCUT2D eigenvalue weighted by Crippen LogP contribution is 2.25. The van der Waals surface area contributed by atoms with Gasteiger partial charge in [0.15, 0.2) is 0 Å². The standard InChI is InChI=1S/C23H21Cl2NO3/c1-28-19-8-3-16(4-9-19)14-26(15-17-5-10-20(29-2)11-6-17)23(27)21-13-18(24)7-12-22(21)25/h3-13H,14-15H2,1-2H3. The van der Waals surface area contributed by atoms with Crippen molar-refractivity contribution in [3.8, 4) is 11.5 Å². The summed E-state index contributed by atoms with van der Waals surface area (Å²) in [7, 11) is 3.24.